The fraction of sp³-hybridized carbons (Fsp3) is 0.469. The number of esters is 1. The minimum Gasteiger partial charge on any atom is -0.441 e. The molecule has 1 atom stereocenters. The van der Waals surface area contributed by atoms with Gasteiger partial charge in [-0.1, -0.05) is 58.0 Å². The van der Waals surface area contributed by atoms with E-state index in [-0.39, 0.29) is 11.6 Å². The molecule has 0 bridgehead atoms. The van der Waals surface area contributed by atoms with Gasteiger partial charge >= 0.3 is 5.97 Å². The Morgan fingerprint density at radius 1 is 0.784 bits per heavy atom. The highest BCUT2D eigenvalue weighted by molar-refractivity contribution is 6.00. The molecule has 5 nitrogen and oxygen atoms in total. The Kier molecular flexibility index (Phi) is 6.80. The quantitative estimate of drug-likeness (QED) is 0.310. The lowest BCUT2D eigenvalue weighted by Gasteiger charge is -2.50. The molecular weight excluding hydrogens is 458 g/mol. The van der Waals surface area contributed by atoms with Crippen molar-refractivity contribution in [1.82, 2.24) is 9.80 Å². The fourth-order valence-electron chi connectivity index (χ4n) is 7.12. The molecule has 0 aromatic heterocycles. The third-order valence-electron chi connectivity index (χ3n) is 8.89. The topological polar surface area (TPSA) is 36.0 Å². The molecular formula is C32H41N3O2. The van der Waals surface area contributed by atoms with Gasteiger partial charge in [0.1, 0.15) is 0 Å². The van der Waals surface area contributed by atoms with Crippen molar-refractivity contribution >= 4 is 17.2 Å². The Morgan fingerprint density at radius 2 is 1.41 bits per heavy atom. The van der Waals surface area contributed by atoms with Crippen LogP contribution in [0.3, 0.4) is 0 Å². The van der Waals surface area contributed by atoms with Crippen molar-refractivity contribution in [3.05, 3.63) is 82.4 Å². The van der Waals surface area contributed by atoms with Crippen molar-refractivity contribution in [3.63, 3.8) is 0 Å². The summed E-state index contributed by atoms with van der Waals surface area (Å²) in [6.45, 7) is 19.2. The van der Waals surface area contributed by atoms with Crippen LogP contribution in [-0.4, -0.2) is 60.7 Å². The maximum absolute atomic E-state index is 13.2. The Labute approximate surface area is 222 Å². The van der Waals surface area contributed by atoms with Gasteiger partial charge in [-0.2, -0.15) is 0 Å². The molecule has 196 valence electrons. The second-order valence-corrected chi connectivity index (χ2v) is 10.1. The minimum absolute atomic E-state index is 0.220. The third-order valence-corrected chi connectivity index (χ3v) is 8.89. The zero-order chi connectivity index (χ0) is 26.4. The maximum atomic E-state index is 13.2. The first-order valence-electron chi connectivity index (χ1n) is 14.1. The summed E-state index contributed by atoms with van der Waals surface area (Å²) in [6.07, 6.45) is 5.53. The molecule has 0 amide bonds. The smallest absolute Gasteiger partial charge is 0.340 e. The second-order valence-electron chi connectivity index (χ2n) is 10.1. The summed E-state index contributed by atoms with van der Waals surface area (Å²) >= 11 is 0. The van der Waals surface area contributed by atoms with Gasteiger partial charge in [0.15, 0.2) is 5.60 Å². The average Bonchev–Trinajstić information content (AvgIpc) is 3.37. The van der Waals surface area contributed by atoms with E-state index in [2.05, 4.69) is 92.7 Å². The summed E-state index contributed by atoms with van der Waals surface area (Å²) in [5.41, 5.74) is 6.48. The number of fused-ring (bicyclic) bond motifs is 6. The summed E-state index contributed by atoms with van der Waals surface area (Å²) in [5, 5.41) is 0. The van der Waals surface area contributed by atoms with E-state index in [1.54, 1.807) is 0 Å². The lowest BCUT2D eigenvalue weighted by molar-refractivity contribution is -0.00864. The van der Waals surface area contributed by atoms with Crippen LogP contribution < -0.4 is 4.90 Å². The Balaban J connectivity index is 1.77. The normalized spacial score (nSPS) is 21.0. The summed E-state index contributed by atoms with van der Waals surface area (Å²) < 4.78 is 6.43. The number of likely N-dealkylation sites (N-methyl/N-ethyl adjacent to an activating group) is 2. The number of anilines is 1. The molecule has 37 heavy (non-hydrogen) atoms. The van der Waals surface area contributed by atoms with Crippen molar-refractivity contribution in [2.24, 2.45) is 0 Å². The largest absolute Gasteiger partial charge is 0.441 e. The first-order valence-corrected chi connectivity index (χ1v) is 14.1. The van der Waals surface area contributed by atoms with Crippen LogP contribution in [0.2, 0.25) is 0 Å². The van der Waals surface area contributed by atoms with E-state index >= 15 is 0 Å². The van der Waals surface area contributed by atoms with E-state index in [1.807, 2.05) is 18.2 Å². The predicted octanol–water partition coefficient (Wildman–Crippen LogP) is 6.05. The van der Waals surface area contributed by atoms with Gasteiger partial charge in [-0.15, -0.1) is 0 Å². The zero-order valence-electron chi connectivity index (χ0n) is 23.3. The van der Waals surface area contributed by atoms with Crippen molar-refractivity contribution in [2.75, 3.05) is 44.2 Å². The predicted molar refractivity (Wildman–Crippen MR) is 152 cm³/mol. The molecule has 5 rings (SSSR count). The van der Waals surface area contributed by atoms with Crippen molar-refractivity contribution in [3.8, 4) is 0 Å². The van der Waals surface area contributed by atoms with E-state index in [1.165, 1.54) is 16.8 Å². The van der Waals surface area contributed by atoms with E-state index < -0.39 is 5.60 Å². The van der Waals surface area contributed by atoms with Crippen LogP contribution in [0.15, 0.2) is 60.2 Å². The van der Waals surface area contributed by atoms with Crippen molar-refractivity contribution < 1.29 is 9.53 Å². The lowest BCUT2D eigenvalue weighted by atomic mass is 9.79. The Bertz CT molecular complexity index is 1240. The van der Waals surface area contributed by atoms with Gasteiger partial charge in [0.25, 0.3) is 0 Å². The zero-order valence-corrected chi connectivity index (χ0v) is 23.3. The molecule has 0 saturated carbocycles. The van der Waals surface area contributed by atoms with Gasteiger partial charge in [-0.05, 0) is 75.4 Å². The molecule has 2 aliphatic carbocycles. The van der Waals surface area contributed by atoms with E-state index in [0.717, 1.165) is 62.4 Å². The van der Waals surface area contributed by atoms with Crippen LogP contribution >= 0.6 is 0 Å². The monoisotopic (exact) mass is 499 g/mol. The van der Waals surface area contributed by atoms with E-state index in [4.69, 9.17) is 4.74 Å². The summed E-state index contributed by atoms with van der Waals surface area (Å²) in [6, 6.07) is 14.7. The molecule has 2 aromatic carbocycles. The molecule has 0 N–H and O–H groups in total. The highest BCUT2D eigenvalue weighted by Gasteiger charge is 2.57. The molecule has 2 aromatic rings. The molecule has 3 aliphatic rings. The SMILES string of the molecule is CCN(CC)c1ccc2c(c1)C1=C(C=CC(N(CC)CC)(N(CC)CC)C1)C21OC(=O)c2ccccc21. The molecule has 1 unspecified atom stereocenters. The lowest BCUT2D eigenvalue weighted by Crippen LogP contribution is -2.60. The number of benzene rings is 2. The summed E-state index contributed by atoms with van der Waals surface area (Å²) in [4.78, 5) is 20.8. The number of rotatable bonds is 9. The van der Waals surface area contributed by atoms with Gasteiger partial charge in [-0.3, -0.25) is 9.80 Å². The molecule has 0 radical (unpaired) electrons. The molecule has 1 aliphatic heterocycles. The van der Waals surface area contributed by atoms with Crippen molar-refractivity contribution in [2.45, 2.75) is 59.2 Å². The number of hydrogen-bond donors (Lipinski definition) is 0. The van der Waals surface area contributed by atoms with Crippen LogP contribution in [0.4, 0.5) is 5.69 Å². The summed E-state index contributed by atoms with van der Waals surface area (Å²) in [7, 11) is 0. The highest BCUT2D eigenvalue weighted by atomic mass is 16.6. The first-order chi connectivity index (χ1) is 17.9. The van der Waals surface area contributed by atoms with E-state index in [0.29, 0.717) is 5.56 Å². The molecule has 5 heteroatoms. The van der Waals surface area contributed by atoms with Gasteiger partial charge in [0, 0.05) is 41.9 Å². The van der Waals surface area contributed by atoms with Gasteiger partial charge in [0.05, 0.1) is 11.2 Å². The molecule has 0 saturated heterocycles. The maximum Gasteiger partial charge on any atom is 0.340 e. The summed E-state index contributed by atoms with van der Waals surface area (Å²) in [5.74, 6) is -0.235. The first kappa shape index (κ1) is 25.7. The number of carbonyl (C=O) groups is 1. The number of hydrogen-bond acceptors (Lipinski definition) is 5. The molecule has 0 fully saturated rings. The van der Waals surface area contributed by atoms with Gasteiger partial charge in [0.2, 0.25) is 0 Å². The third kappa shape index (κ3) is 3.54. The van der Waals surface area contributed by atoms with Crippen LogP contribution in [0.5, 0.6) is 0 Å². The number of carbonyl (C=O) groups excluding carboxylic acids is 1. The van der Waals surface area contributed by atoms with Gasteiger partial charge in [-0.25, -0.2) is 4.79 Å². The number of nitrogens with zero attached hydrogens (tertiary/aromatic N) is 3. The average molecular weight is 500 g/mol. The Hall–Kier alpha value is -2.89. The van der Waals surface area contributed by atoms with E-state index in [9.17, 15) is 4.79 Å². The van der Waals surface area contributed by atoms with Crippen LogP contribution in [0.1, 0.15) is 75.0 Å². The van der Waals surface area contributed by atoms with Crippen LogP contribution in [0.25, 0.3) is 5.57 Å². The van der Waals surface area contributed by atoms with Crippen LogP contribution in [-0.2, 0) is 10.3 Å². The second kappa shape index (κ2) is 9.77. The van der Waals surface area contributed by atoms with Crippen LogP contribution in [0, 0.1) is 0 Å². The number of ether oxygens (including phenoxy) is 1. The highest BCUT2D eigenvalue weighted by Crippen LogP contribution is 2.59. The molecule has 1 spiro atoms. The Morgan fingerprint density at radius 3 is 2.03 bits per heavy atom. The van der Waals surface area contributed by atoms with Crippen molar-refractivity contribution in [1.29, 1.82) is 0 Å². The van der Waals surface area contributed by atoms with Gasteiger partial charge < -0.3 is 9.64 Å². The minimum atomic E-state index is -0.880. The fourth-order valence-corrected chi connectivity index (χ4v) is 7.12. The standard InChI is InChI=1S/C32H41N3O2/c1-7-33(8-2)23-17-18-28-25(21-23)26-22-31(34(9-3)10-4,35(11-5)12-6)20-19-29(26)32(28)27-16-14-13-15-24(27)30(36)37-32/h13-21H,7-12,22H2,1-6H3. The molecule has 1 heterocycles.